The Bertz CT molecular complexity index is 410. The average Bonchev–Trinajstić information content (AvgIpc) is 2.43. The lowest BCUT2D eigenvalue weighted by Gasteiger charge is -2.32. The van der Waals surface area contributed by atoms with Crippen LogP contribution in [0.4, 0.5) is 11.6 Å². The fourth-order valence-corrected chi connectivity index (χ4v) is 2.76. The molecule has 3 N–H and O–H groups in total. The minimum absolute atomic E-state index is 0.616. The Morgan fingerprint density at radius 2 is 2.00 bits per heavy atom. The number of anilines is 2. The molecule has 0 aromatic carbocycles. The SMILES string of the molecule is NCC1CCN(c2cc(NC3CCC3)ncn2)CC1. The van der Waals surface area contributed by atoms with Crippen molar-refractivity contribution in [2.45, 2.75) is 38.1 Å². The maximum Gasteiger partial charge on any atom is 0.134 e. The minimum atomic E-state index is 0.616. The van der Waals surface area contributed by atoms with Crippen molar-refractivity contribution in [2.24, 2.45) is 11.7 Å². The van der Waals surface area contributed by atoms with Crippen molar-refractivity contribution >= 4 is 11.6 Å². The second-order valence-corrected chi connectivity index (χ2v) is 5.70. The standard InChI is InChI=1S/C14H23N5/c15-9-11-4-6-19(7-5-11)14-8-13(16-10-17-14)18-12-2-1-3-12/h8,10-12H,1-7,9,15H2,(H,16,17,18). The number of hydrogen-bond donors (Lipinski definition) is 2. The van der Waals surface area contributed by atoms with E-state index in [1.165, 1.54) is 32.1 Å². The summed E-state index contributed by atoms with van der Waals surface area (Å²) in [5.74, 6) is 2.70. The fraction of sp³-hybridized carbons (Fsp3) is 0.714. The molecule has 2 aliphatic rings. The molecule has 19 heavy (non-hydrogen) atoms. The number of hydrogen-bond acceptors (Lipinski definition) is 5. The Morgan fingerprint density at radius 3 is 2.63 bits per heavy atom. The highest BCUT2D eigenvalue weighted by molar-refractivity contribution is 5.49. The van der Waals surface area contributed by atoms with Gasteiger partial charge in [0.2, 0.25) is 0 Å². The monoisotopic (exact) mass is 261 g/mol. The van der Waals surface area contributed by atoms with Gasteiger partial charge in [-0.15, -0.1) is 0 Å². The molecule has 1 aliphatic heterocycles. The summed E-state index contributed by atoms with van der Waals surface area (Å²) in [6, 6.07) is 2.70. The summed E-state index contributed by atoms with van der Waals surface area (Å²) in [4.78, 5) is 11.1. The summed E-state index contributed by atoms with van der Waals surface area (Å²) in [5.41, 5.74) is 5.73. The van der Waals surface area contributed by atoms with Gasteiger partial charge in [0.1, 0.15) is 18.0 Å². The number of piperidine rings is 1. The third-order valence-electron chi connectivity index (χ3n) is 4.38. The quantitative estimate of drug-likeness (QED) is 0.862. The fourth-order valence-electron chi connectivity index (χ4n) is 2.76. The van der Waals surface area contributed by atoms with Crippen LogP contribution in [0.1, 0.15) is 32.1 Å². The van der Waals surface area contributed by atoms with Gasteiger partial charge in [0.25, 0.3) is 0 Å². The second-order valence-electron chi connectivity index (χ2n) is 5.70. The molecular weight excluding hydrogens is 238 g/mol. The van der Waals surface area contributed by atoms with Crippen molar-refractivity contribution in [3.05, 3.63) is 12.4 Å². The zero-order valence-electron chi connectivity index (χ0n) is 11.4. The molecule has 2 heterocycles. The third kappa shape index (κ3) is 2.97. The number of nitrogens with two attached hydrogens (primary N) is 1. The van der Waals surface area contributed by atoms with Crippen molar-refractivity contribution < 1.29 is 0 Å². The summed E-state index contributed by atoms with van der Waals surface area (Å²) < 4.78 is 0. The largest absolute Gasteiger partial charge is 0.367 e. The van der Waals surface area contributed by atoms with Crippen LogP contribution in [-0.4, -0.2) is 35.6 Å². The van der Waals surface area contributed by atoms with E-state index in [0.29, 0.717) is 12.0 Å². The molecule has 1 aliphatic carbocycles. The lowest BCUT2D eigenvalue weighted by atomic mass is 9.93. The van der Waals surface area contributed by atoms with E-state index in [1.54, 1.807) is 6.33 Å². The van der Waals surface area contributed by atoms with Crippen molar-refractivity contribution in [3.8, 4) is 0 Å². The molecule has 5 heteroatoms. The van der Waals surface area contributed by atoms with Gasteiger partial charge in [-0.2, -0.15) is 0 Å². The lowest BCUT2D eigenvalue weighted by molar-refractivity contribution is 0.413. The lowest BCUT2D eigenvalue weighted by Crippen LogP contribution is -2.36. The van der Waals surface area contributed by atoms with Crippen molar-refractivity contribution in [1.29, 1.82) is 0 Å². The number of rotatable bonds is 4. The van der Waals surface area contributed by atoms with E-state index in [1.807, 2.05) is 0 Å². The van der Waals surface area contributed by atoms with E-state index in [4.69, 9.17) is 5.73 Å². The van der Waals surface area contributed by atoms with Crippen LogP contribution in [0.25, 0.3) is 0 Å². The van der Waals surface area contributed by atoms with Crippen LogP contribution in [-0.2, 0) is 0 Å². The van der Waals surface area contributed by atoms with Crippen LogP contribution < -0.4 is 16.0 Å². The topological polar surface area (TPSA) is 67.1 Å². The molecule has 2 fully saturated rings. The Balaban J connectivity index is 1.62. The van der Waals surface area contributed by atoms with Crippen molar-refractivity contribution in [1.82, 2.24) is 9.97 Å². The molecule has 1 aromatic rings. The summed E-state index contributed by atoms with van der Waals surface area (Å²) in [7, 11) is 0. The first-order valence-electron chi connectivity index (χ1n) is 7.39. The van der Waals surface area contributed by atoms with Gasteiger partial charge in [-0.05, 0) is 44.6 Å². The predicted octanol–water partition coefficient (Wildman–Crippen LogP) is 1.62. The molecule has 0 unspecified atom stereocenters. The molecule has 0 amide bonds. The highest BCUT2D eigenvalue weighted by Gasteiger charge is 2.21. The van der Waals surface area contributed by atoms with Crippen LogP contribution in [0.15, 0.2) is 12.4 Å². The molecular formula is C14H23N5. The van der Waals surface area contributed by atoms with Gasteiger partial charge >= 0.3 is 0 Å². The van der Waals surface area contributed by atoms with Crippen LogP contribution in [0, 0.1) is 5.92 Å². The predicted molar refractivity (Wildman–Crippen MR) is 77.3 cm³/mol. The molecule has 3 rings (SSSR count). The minimum Gasteiger partial charge on any atom is -0.367 e. The van der Waals surface area contributed by atoms with E-state index in [-0.39, 0.29) is 0 Å². The van der Waals surface area contributed by atoms with Gasteiger partial charge in [-0.1, -0.05) is 0 Å². The van der Waals surface area contributed by atoms with Gasteiger partial charge in [0, 0.05) is 25.2 Å². The molecule has 1 saturated carbocycles. The molecule has 1 saturated heterocycles. The van der Waals surface area contributed by atoms with E-state index >= 15 is 0 Å². The van der Waals surface area contributed by atoms with Crippen LogP contribution in [0.5, 0.6) is 0 Å². The summed E-state index contributed by atoms with van der Waals surface area (Å²) >= 11 is 0. The average molecular weight is 261 g/mol. The molecule has 0 atom stereocenters. The van der Waals surface area contributed by atoms with Gasteiger partial charge in [-0.3, -0.25) is 0 Å². The Kier molecular flexibility index (Phi) is 3.82. The van der Waals surface area contributed by atoms with Gasteiger partial charge < -0.3 is 16.0 Å². The van der Waals surface area contributed by atoms with E-state index < -0.39 is 0 Å². The molecule has 0 bridgehead atoms. The maximum atomic E-state index is 5.73. The van der Waals surface area contributed by atoms with Crippen LogP contribution in [0.3, 0.4) is 0 Å². The first-order chi connectivity index (χ1) is 9.35. The number of aromatic nitrogens is 2. The zero-order valence-corrected chi connectivity index (χ0v) is 11.4. The molecule has 1 aromatic heterocycles. The van der Waals surface area contributed by atoms with Gasteiger partial charge in [0.15, 0.2) is 0 Å². The summed E-state index contributed by atoms with van der Waals surface area (Å²) in [5, 5.41) is 3.48. The van der Waals surface area contributed by atoms with Crippen LogP contribution >= 0.6 is 0 Å². The van der Waals surface area contributed by atoms with Gasteiger partial charge in [-0.25, -0.2) is 9.97 Å². The number of nitrogens with zero attached hydrogens (tertiary/aromatic N) is 3. The van der Waals surface area contributed by atoms with Gasteiger partial charge in [0.05, 0.1) is 0 Å². The normalized spacial score (nSPS) is 21.2. The summed E-state index contributed by atoms with van der Waals surface area (Å²) in [6.07, 6.45) is 7.88. The van der Waals surface area contributed by atoms with Crippen molar-refractivity contribution in [3.63, 3.8) is 0 Å². The number of nitrogens with one attached hydrogen (secondary N) is 1. The highest BCUT2D eigenvalue weighted by atomic mass is 15.2. The smallest absolute Gasteiger partial charge is 0.134 e. The second kappa shape index (κ2) is 5.74. The molecule has 0 radical (unpaired) electrons. The Labute approximate surface area is 114 Å². The van der Waals surface area contributed by atoms with E-state index in [0.717, 1.165) is 31.3 Å². The first-order valence-corrected chi connectivity index (χ1v) is 7.39. The Morgan fingerprint density at radius 1 is 1.21 bits per heavy atom. The molecule has 5 nitrogen and oxygen atoms in total. The molecule has 0 spiro atoms. The van der Waals surface area contributed by atoms with Crippen molar-refractivity contribution in [2.75, 3.05) is 29.9 Å². The first kappa shape index (κ1) is 12.7. The van der Waals surface area contributed by atoms with E-state index in [2.05, 4.69) is 26.3 Å². The van der Waals surface area contributed by atoms with E-state index in [9.17, 15) is 0 Å². The zero-order chi connectivity index (χ0) is 13.1. The Hall–Kier alpha value is -1.36. The third-order valence-corrected chi connectivity index (χ3v) is 4.38. The van der Waals surface area contributed by atoms with Crippen LogP contribution in [0.2, 0.25) is 0 Å². The highest BCUT2D eigenvalue weighted by Crippen LogP contribution is 2.25. The maximum absolute atomic E-state index is 5.73. The molecule has 104 valence electrons. The summed E-state index contributed by atoms with van der Waals surface area (Å²) in [6.45, 7) is 2.93.